The number of nitrogen functional groups attached to an aromatic ring is 1. The largest absolute Gasteiger partial charge is 0.399 e. The van der Waals surface area contributed by atoms with Gasteiger partial charge < -0.3 is 16.0 Å². The van der Waals surface area contributed by atoms with Crippen molar-refractivity contribution in [1.82, 2.24) is 4.90 Å². The highest BCUT2D eigenvalue weighted by Gasteiger charge is 2.15. The van der Waals surface area contributed by atoms with E-state index in [9.17, 15) is 4.79 Å². The molecule has 1 amide bonds. The van der Waals surface area contributed by atoms with E-state index in [-0.39, 0.29) is 5.91 Å². The first-order valence-electron chi connectivity index (χ1n) is 7.97. The van der Waals surface area contributed by atoms with Gasteiger partial charge in [-0.25, -0.2) is 0 Å². The van der Waals surface area contributed by atoms with E-state index in [2.05, 4.69) is 17.3 Å². The Labute approximate surface area is 127 Å². The first-order chi connectivity index (χ1) is 10.1. The summed E-state index contributed by atoms with van der Waals surface area (Å²) < 4.78 is 0. The lowest BCUT2D eigenvalue weighted by Gasteiger charge is -2.26. The first-order valence-corrected chi connectivity index (χ1v) is 7.97. The van der Waals surface area contributed by atoms with Crippen molar-refractivity contribution in [3.05, 3.63) is 24.3 Å². The molecule has 2 rings (SSSR count). The Balaban J connectivity index is 1.66. The predicted molar refractivity (Wildman–Crippen MR) is 88.2 cm³/mol. The molecule has 1 fully saturated rings. The number of rotatable bonds is 6. The van der Waals surface area contributed by atoms with Crippen molar-refractivity contribution in [2.24, 2.45) is 5.92 Å². The Morgan fingerprint density at radius 1 is 1.24 bits per heavy atom. The van der Waals surface area contributed by atoms with Crippen LogP contribution in [-0.2, 0) is 4.79 Å². The summed E-state index contributed by atoms with van der Waals surface area (Å²) in [6.45, 7) is 1.94. The van der Waals surface area contributed by atoms with Gasteiger partial charge >= 0.3 is 0 Å². The maximum absolute atomic E-state index is 11.9. The van der Waals surface area contributed by atoms with E-state index < -0.39 is 0 Å². The predicted octanol–water partition coefficient (Wildman–Crippen LogP) is 3.11. The zero-order chi connectivity index (χ0) is 15.1. The van der Waals surface area contributed by atoms with Gasteiger partial charge in [0.15, 0.2) is 0 Å². The third kappa shape index (κ3) is 5.76. The fourth-order valence-electron chi connectivity index (χ4n) is 2.98. The number of amides is 1. The summed E-state index contributed by atoms with van der Waals surface area (Å²) in [6, 6.07) is 7.26. The lowest BCUT2D eigenvalue weighted by molar-refractivity contribution is -0.116. The van der Waals surface area contributed by atoms with Gasteiger partial charge in [-0.15, -0.1) is 0 Å². The number of carbonyl (C=O) groups is 1. The SMILES string of the molecule is CN(CCC(=O)Nc1ccc(N)cc1)CC1CCCCC1. The summed E-state index contributed by atoms with van der Waals surface area (Å²) in [6.07, 6.45) is 7.37. The molecule has 0 saturated heterocycles. The van der Waals surface area contributed by atoms with Crippen molar-refractivity contribution < 1.29 is 4.79 Å². The number of carbonyl (C=O) groups excluding carboxylic acids is 1. The van der Waals surface area contributed by atoms with E-state index in [1.54, 1.807) is 12.1 Å². The van der Waals surface area contributed by atoms with Gasteiger partial charge in [0.25, 0.3) is 0 Å². The van der Waals surface area contributed by atoms with Gasteiger partial charge in [-0.1, -0.05) is 19.3 Å². The van der Waals surface area contributed by atoms with Gasteiger partial charge in [0.2, 0.25) is 5.91 Å². The monoisotopic (exact) mass is 289 g/mol. The van der Waals surface area contributed by atoms with E-state index in [4.69, 9.17) is 5.73 Å². The number of benzene rings is 1. The van der Waals surface area contributed by atoms with Gasteiger partial charge in [-0.05, 0) is 50.1 Å². The fourth-order valence-corrected chi connectivity index (χ4v) is 2.98. The molecule has 1 aromatic rings. The molecule has 0 heterocycles. The second kappa shape index (κ2) is 8.03. The Morgan fingerprint density at radius 2 is 1.90 bits per heavy atom. The van der Waals surface area contributed by atoms with Crippen LogP contribution in [-0.4, -0.2) is 30.9 Å². The van der Waals surface area contributed by atoms with Crippen molar-refractivity contribution >= 4 is 17.3 Å². The molecule has 0 aliphatic heterocycles. The van der Waals surface area contributed by atoms with Crippen LogP contribution in [0.5, 0.6) is 0 Å². The van der Waals surface area contributed by atoms with Gasteiger partial charge in [0, 0.05) is 30.9 Å². The molecule has 0 bridgehead atoms. The Morgan fingerprint density at radius 3 is 2.57 bits per heavy atom. The Bertz CT molecular complexity index is 438. The van der Waals surface area contributed by atoms with Crippen LogP contribution < -0.4 is 11.1 Å². The van der Waals surface area contributed by atoms with Gasteiger partial charge in [0.1, 0.15) is 0 Å². The van der Waals surface area contributed by atoms with E-state index in [1.807, 2.05) is 12.1 Å². The normalized spacial score (nSPS) is 16.1. The number of hydrogen-bond acceptors (Lipinski definition) is 3. The third-order valence-corrected chi connectivity index (χ3v) is 4.21. The molecule has 0 radical (unpaired) electrons. The molecule has 1 saturated carbocycles. The molecule has 0 aromatic heterocycles. The summed E-state index contributed by atoms with van der Waals surface area (Å²) in [5.41, 5.74) is 7.14. The zero-order valence-corrected chi connectivity index (χ0v) is 13.0. The topological polar surface area (TPSA) is 58.4 Å². The van der Waals surface area contributed by atoms with Crippen molar-refractivity contribution in [3.63, 3.8) is 0 Å². The highest BCUT2D eigenvalue weighted by atomic mass is 16.1. The highest BCUT2D eigenvalue weighted by molar-refractivity contribution is 5.90. The lowest BCUT2D eigenvalue weighted by atomic mass is 9.89. The summed E-state index contributed by atoms with van der Waals surface area (Å²) >= 11 is 0. The minimum Gasteiger partial charge on any atom is -0.399 e. The summed E-state index contributed by atoms with van der Waals surface area (Å²) in [4.78, 5) is 14.2. The molecule has 0 spiro atoms. The summed E-state index contributed by atoms with van der Waals surface area (Å²) in [5, 5.41) is 2.91. The quantitative estimate of drug-likeness (QED) is 0.791. The molecule has 3 N–H and O–H groups in total. The van der Waals surface area contributed by atoms with Crippen LogP contribution in [0.15, 0.2) is 24.3 Å². The minimum absolute atomic E-state index is 0.0651. The minimum atomic E-state index is 0.0651. The summed E-state index contributed by atoms with van der Waals surface area (Å²) in [5.74, 6) is 0.888. The smallest absolute Gasteiger partial charge is 0.225 e. The van der Waals surface area contributed by atoms with Gasteiger partial charge in [-0.2, -0.15) is 0 Å². The first kappa shape index (κ1) is 15.8. The van der Waals surface area contributed by atoms with Crippen LogP contribution in [0, 0.1) is 5.92 Å². The average molecular weight is 289 g/mol. The molecule has 116 valence electrons. The molecule has 4 heteroatoms. The van der Waals surface area contributed by atoms with E-state index in [1.165, 1.54) is 32.1 Å². The molecule has 1 aliphatic rings. The van der Waals surface area contributed by atoms with Gasteiger partial charge in [-0.3, -0.25) is 4.79 Å². The van der Waals surface area contributed by atoms with Crippen LogP contribution in [0.4, 0.5) is 11.4 Å². The van der Waals surface area contributed by atoms with Gasteiger partial charge in [0.05, 0.1) is 0 Å². The van der Waals surface area contributed by atoms with Crippen molar-refractivity contribution in [1.29, 1.82) is 0 Å². The second-order valence-electron chi connectivity index (χ2n) is 6.19. The Hall–Kier alpha value is -1.55. The number of nitrogens with zero attached hydrogens (tertiary/aromatic N) is 1. The molecule has 1 aromatic carbocycles. The molecule has 1 aliphatic carbocycles. The van der Waals surface area contributed by atoms with Crippen LogP contribution >= 0.6 is 0 Å². The summed E-state index contributed by atoms with van der Waals surface area (Å²) in [7, 11) is 2.12. The maximum Gasteiger partial charge on any atom is 0.225 e. The lowest BCUT2D eigenvalue weighted by Crippen LogP contribution is -2.30. The van der Waals surface area contributed by atoms with Crippen molar-refractivity contribution in [2.75, 3.05) is 31.2 Å². The molecular formula is C17H27N3O. The number of anilines is 2. The van der Waals surface area contributed by atoms with E-state index >= 15 is 0 Å². The van der Waals surface area contributed by atoms with Crippen LogP contribution in [0.3, 0.4) is 0 Å². The number of nitrogens with one attached hydrogen (secondary N) is 1. The molecule has 0 atom stereocenters. The molecule has 21 heavy (non-hydrogen) atoms. The number of hydrogen-bond donors (Lipinski definition) is 2. The third-order valence-electron chi connectivity index (χ3n) is 4.21. The van der Waals surface area contributed by atoms with Crippen molar-refractivity contribution in [2.45, 2.75) is 38.5 Å². The number of nitrogens with two attached hydrogens (primary N) is 1. The maximum atomic E-state index is 11.9. The van der Waals surface area contributed by atoms with Crippen molar-refractivity contribution in [3.8, 4) is 0 Å². The standard InChI is InChI=1S/C17H27N3O/c1-20(13-14-5-3-2-4-6-14)12-11-17(21)19-16-9-7-15(18)8-10-16/h7-10,14H,2-6,11-13,18H2,1H3,(H,19,21). The van der Waals surface area contributed by atoms with Crippen LogP contribution in [0.25, 0.3) is 0 Å². The van der Waals surface area contributed by atoms with Crippen LogP contribution in [0.1, 0.15) is 38.5 Å². The van der Waals surface area contributed by atoms with Crippen LogP contribution in [0.2, 0.25) is 0 Å². The van der Waals surface area contributed by atoms with E-state index in [0.717, 1.165) is 24.7 Å². The average Bonchev–Trinajstić information content (AvgIpc) is 2.49. The molecular weight excluding hydrogens is 262 g/mol. The Kier molecular flexibility index (Phi) is 6.05. The molecule has 4 nitrogen and oxygen atoms in total. The fraction of sp³-hybridized carbons (Fsp3) is 0.588. The highest BCUT2D eigenvalue weighted by Crippen LogP contribution is 2.24. The zero-order valence-electron chi connectivity index (χ0n) is 13.0. The molecule has 0 unspecified atom stereocenters. The second-order valence-corrected chi connectivity index (χ2v) is 6.19. The van der Waals surface area contributed by atoms with E-state index in [0.29, 0.717) is 12.1 Å².